The second kappa shape index (κ2) is 8.46. The molecule has 1 N–H and O–H groups in total. The molecule has 0 fully saturated rings. The maximum Gasteiger partial charge on any atom is 0.348 e. The molecule has 0 aliphatic carbocycles. The van der Waals surface area contributed by atoms with E-state index in [0.29, 0.717) is 15.4 Å². The lowest BCUT2D eigenvalue weighted by Crippen LogP contribution is -2.14. The third kappa shape index (κ3) is 3.88. The van der Waals surface area contributed by atoms with Gasteiger partial charge in [-0.05, 0) is 31.5 Å². The Balaban J connectivity index is 1.72. The molecule has 0 bridgehead atoms. The van der Waals surface area contributed by atoms with E-state index in [1.807, 2.05) is 35.9 Å². The number of nitriles is 1. The SMILES string of the molecule is CCOC(=O)c1sc(NC(=O)CSc2nc3ccccc3n2C)c(C#N)c1C. The molecule has 3 rings (SSSR count). The fourth-order valence-corrected chi connectivity index (χ4v) is 4.53. The van der Waals surface area contributed by atoms with Gasteiger partial charge in [0.1, 0.15) is 15.9 Å². The Morgan fingerprint density at radius 3 is 2.82 bits per heavy atom. The standard InChI is InChI=1S/C19H18N4O3S2/c1-4-26-18(25)16-11(2)12(9-20)17(28-16)22-15(24)10-27-19-21-13-7-5-6-8-14(13)23(19)3/h5-8H,4,10H2,1-3H3,(H,22,24). The fraction of sp³-hybridized carbons (Fsp3) is 0.263. The number of esters is 1. The summed E-state index contributed by atoms with van der Waals surface area (Å²) in [5.41, 5.74) is 2.66. The van der Waals surface area contributed by atoms with E-state index in [-0.39, 0.29) is 23.8 Å². The number of benzene rings is 1. The number of hydrogen-bond acceptors (Lipinski definition) is 7. The minimum absolute atomic E-state index is 0.133. The van der Waals surface area contributed by atoms with Crippen molar-refractivity contribution >= 4 is 51.0 Å². The van der Waals surface area contributed by atoms with Gasteiger partial charge in [-0.25, -0.2) is 9.78 Å². The van der Waals surface area contributed by atoms with Crippen molar-refractivity contribution in [2.45, 2.75) is 19.0 Å². The summed E-state index contributed by atoms with van der Waals surface area (Å²) < 4.78 is 6.94. The normalized spacial score (nSPS) is 10.6. The lowest BCUT2D eigenvalue weighted by Gasteiger charge is -2.04. The highest BCUT2D eigenvalue weighted by Crippen LogP contribution is 2.33. The van der Waals surface area contributed by atoms with Crippen LogP contribution in [0.15, 0.2) is 29.4 Å². The first-order valence-electron chi connectivity index (χ1n) is 8.51. The molecule has 7 nitrogen and oxygen atoms in total. The van der Waals surface area contributed by atoms with E-state index >= 15 is 0 Å². The molecule has 1 aromatic carbocycles. The summed E-state index contributed by atoms with van der Waals surface area (Å²) in [7, 11) is 1.90. The number of para-hydroxylation sites is 2. The molecule has 1 amide bonds. The van der Waals surface area contributed by atoms with Gasteiger partial charge in [0, 0.05) is 7.05 Å². The van der Waals surface area contributed by atoms with Crippen molar-refractivity contribution in [3.63, 3.8) is 0 Å². The highest BCUT2D eigenvalue weighted by atomic mass is 32.2. The van der Waals surface area contributed by atoms with Crippen LogP contribution in [0.2, 0.25) is 0 Å². The molecule has 0 saturated carbocycles. The van der Waals surface area contributed by atoms with E-state index in [2.05, 4.69) is 16.4 Å². The largest absolute Gasteiger partial charge is 0.462 e. The average molecular weight is 415 g/mol. The van der Waals surface area contributed by atoms with E-state index in [1.54, 1.807) is 13.8 Å². The summed E-state index contributed by atoms with van der Waals surface area (Å²) in [6, 6.07) is 9.80. The molecule has 0 saturated heterocycles. The topological polar surface area (TPSA) is 97.0 Å². The van der Waals surface area contributed by atoms with E-state index in [1.165, 1.54) is 11.8 Å². The number of carbonyl (C=O) groups excluding carboxylic acids is 2. The summed E-state index contributed by atoms with van der Waals surface area (Å²) in [5, 5.41) is 13.2. The van der Waals surface area contributed by atoms with Crippen LogP contribution in [0.25, 0.3) is 11.0 Å². The molecule has 3 aromatic rings. The summed E-state index contributed by atoms with van der Waals surface area (Å²) in [6.07, 6.45) is 0. The number of amides is 1. The molecular weight excluding hydrogens is 396 g/mol. The van der Waals surface area contributed by atoms with Crippen LogP contribution < -0.4 is 5.32 Å². The van der Waals surface area contributed by atoms with Crippen molar-refractivity contribution in [1.29, 1.82) is 5.26 Å². The molecule has 2 aromatic heterocycles. The number of rotatable bonds is 6. The smallest absolute Gasteiger partial charge is 0.348 e. The number of nitrogens with zero attached hydrogens (tertiary/aromatic N) is 3. The first-order valence-corrected chi connectivity index (χ1v) is 10.3. The third-order valence-corrected chi connectivity index (χ3v) is 6.27. The van der Waals surface area contributed by atoms with Gasteiger partial charge in [-0.15, -0.1) is 11.3 Å². The van der Waals surface area contributed by atoms with Gasteiger partial charge in [0.05, 0.1) is 29.0 Å². The Labute approximate surface area is 170 Å². The zero-order valence-corrected chi connectivity index (χ0v) is 17.2. The summed E-state index contributed by atoms with van der Waals surface area (Å²) >= 11 is 2.37. The molecule has 144 valence electrons. The molecular formula is C19H18N4O3S2. The molecule has 0 aliphatic rings. The second-order valence-corrected chi connectivity index (χ2v) is 7.83. The van der Waals surface area contributed by atoms with Gasteiger partial charge >= 0.3 is 5.97 Å². The predicted molar refractivity (Wildman–Crippen MR) is 110 cm³/mol. The Hall–Kier alpha value is -2.83. The Bertz CT molecular complexity index is 1090. The van der Waals surface area contributed by atoms with Gasteiger partial charge in [-0.3, -0.25) is 4.79 Å². The van der Waals surface area contributed by atoms with Crippen molar-refractivity contribution in [3.05, 3.63) is 40.3 Å². The molecule has 0 spiro atoms. The number of hydrogen-bond donors (Lipinski definition) is 1. The van der Waals surface area contributed by atoms with Gasteiger partial charge in [-0.2, -0.15) is 5.26 Å². The van der Waals surface area contributed by atoms with Crippen molar-refractivity contribution in [2.75, 3.05) is 17.7 Å². The third-order valence-electron chi connectivity index (χ3n) is 4.05. The van der Waals surface area contributed by atoms with Crippen molar-refractivity contribution < 1.29 is 14.3 Å². The number of aryl methyl sites for hydroxylation is 1. The number of thiophene rings is 1. The van der Waals surface area contributed by atoms with Crippen molar-refractivity contribution in [1.82, 2.24) is 9.55 Å². The highest BCUT2D eigenvalue weighted by Gasteiger charge is 2.22. The fourth-order valence-electron chi connectivity index (χ4n) is 2.67. The molecule has 0 aliphatic heterocycles. The molecule has 0 radical (unpaired) electrons. The minimum Gasteiger partial charge on any atom is -0.462 e. The number of nitrogens with one attached hydrogen (secondary N) is 1. The van der Waals surface area contributed by atoms with Crippen LogP contribution in [0.1, 0.15) is 27.7 Å². The number of thioether (sulfide) groups is 1. The Morgan fingerprint density at radius 2 is 2.14 bits per heavy atom. The van der Waals surface area contributed by atoms with Gasteiger partial charge < -0.3 is 14.6 Å². The first-order chi connectivity index (χ1) is 13.5. The van der Waals surface area contributed by atoms with Gasteiger partial charge in [-0.1, -0.05) is 23.9 Å². The number of anilines is 1. The molecule has 28 heavy (non-hydrogen) atoms. The first kappa shape index (κ1) is 19.9. The average Bonchev–Trinajstić information content (AvgIpc) is 3.17. The summed E-state index contributed by atoms with van der Waals surface area (Å²) in [6.45, 7) is 3.63. The molecule has 2 heterocycles. The Kier molecular flexibility index (Phi) is 6.02. The molecule has 9 heteroatoms. The number of ether oxygens (including phenoxy) is 1. The Morgan fingerprint density at radius 1 is 1.39 bits per heavy atom. The maximum atomic E-state index is 12.4. The van der Waals surface area contributed by atoms with E-state index in [9.17, 15) is 14.9 Å². The minimum atomic E-state index is -0.490. The van der Waals surface area contributed by atoms with Crippen LogP contribution in [0.4, 0.5) is 5.00 Å². The van der Waals surface area contributed by atoms with Crippen LogP contribution in [0.3, 0.4) is 0 Å². The maximum absolute atomic E-state index is 12.4. The lowest BCUT2D eigenvalue weighted by atomic mass is 10.2. The molecule has 0 atom stereocenters. The highest BCUT2D eigenvalue weighted by molar-refractivity contribution is 7.99. The summed E-state index contributed by atoms with van der Waals surface area (Å²) in [4.78, 5) is 29.3. The van der Waals surface area contributed by atoms with Crippen LogP contribution in [-0.2, 0) is 16.6 Å². The van der Waals surface area contributed by atoms with E-state index < -0.39 is 5.97 Å². The van der Waals surface area contributed by atoms with Gasteiger partial charge in [0.15, 0.2) is 5.16 Å². The number of fused-ring (bicyclic) bond motifs is 1. The second-order valence-electron chi connectivity index (χ2n) is 5.87. The summed E-state index contributed by atoms with van der Waals surface area (Å²) in [5.74, 6) is -0.630. The predicted octanol–water partition coefficient (Wildman–Crippen LogP) is 3.72. The quantitative estimate of drug-likeness (QED) is 0.488. The van der Waals surface area contributed by atoms with Crippen molar-refractivity contribution in [2.24, 2.45) is 7.05 Å². The zero-order valence-electron chi connectivity index (χ0n) is 15.6. The zero-order chi connectivity index (χ0) is 20.3. The monoisotopic (exact) mass is 414 g/mol. The van der Waals surface area contributed by atoms with Crippen LogP contribution in [0.5, 0.6) is 0 Å². The van der Waals surface area contributed by atoms with Crippen LogP contribution in [0, 0.1) is 18.3 Å². The van der Waals surface area contributed by atoms with Crippen molar-refractivity contribution in [3.8, 4) is 6.07 Å². The van der Waals surface area contributed by atoms with Crippen LogP contribution >= 0.6 is 23.1 Å². The lowest BCUT2D eigenvalue weighted by molar-refractivity contribution is -0.113. The number of aromatic nitrogens is 2. The van der Waals surface area contributed by atoms with Gasteiger partial charge in [0.25, 0.3) is 0 Å². The number of imidazole rings is 1. The number of carbonyl (C=O) groups is 2. The van der Waals surface area contributed by atoms with E-state index in [4.69, 9.17) is 4.74 Å². The van der Waals surface area contributed by atoms with E-state index in [0.717, 1.165) is 27.5 Å². The van der Waals surface area contributed by atoms with Crippen LogP contribution in [-0.4, -0.2) is 33.8 Å². The van der Waals surface area contributed by atoms with Gasteiger partial charge in [0.2, 0.25) is 5.91 Å². The molecule has 0 unspecified atom stereocenters.